The summed E-state index contributed by atoms with van der Waals surface area (Å²) in [4.78, 5) is 12.5. The SMILES string of the molecule is Cc1ccc(C(=O)c2ccc(-c3nnc(-c4c(F)cccc4F)nn3)cc2)cc1. The fourth-order valence-electron chi connectivity index (χ4n) is 2.80. The Bertz CT molecular complexity index is 1150. The molecule has 0 aliphatic rings. The van der Waals surface area contributed by atoms with Gasteiger partial charge in [0.2, 0.25) is 11.6 Å². The molecule has 0 aliphatic heterocycles. The first kappa shape index (κ1) is 18.5. The molecule has 3 aromatic carbocycles. The second kappa shape index (κ2) is 7.63. The Hall–Kier alpha value is -3.87. The minimum atomic E-state index is -0.791. The fraction of sp³-hybridized carbons (Fsp3) is 0.0455. The normalized spacial score (nSPS) is 10.7. The van der Waals surface area contributed by atoms with Crippen LogP contribution < -0.4 is 0 Å². The number of carbonyl (C=O) groups excluding carboxylic acids is 1. The van der Waals surface area contributed by atoms with Crippen molar-refractivity contribution in [2.75, 3.05) is 0 Å². The minimum absolute atomic E-state index is 0.0981. The van der Waals surface area contributed by atoms with Crippen molar-refractivity contribution in [2.24, 2.45) is 0 Å². The predicted octanol–water partition coefficient (Wildman–Crippen LogP) is 4.42. The van der Waals surface area contributed by atoms with Crippen molar-refractivity contribution in [2.45, 2.75) is 6.92 Å². The van der Waals surface area contributed by atoms with Gasteiger partial charge >= 0.3 is 0 Å². The van der Waals surface area contributed by atoms with E-state index in [4.69, 9.17) is 0 Å². The standard InChI is InChI=1S/C22H14F2N4O/c1-13-5-7-14(8-6-13)20(29)15-9-11-16(12-10-15)21-25-27-22(28-26-21)19-17(23)3-2-4-18(19)24/h2-12H,1H3. The third-order valence-corrected chi connectivity index (χ3v) is 4.38. The molecular formula is C22H14F2N4O. The maximum atomic E-state index is 13.8. The van der Waals surface area contributed by atoms with E-state index >= 15 is 0 Å². The van der Waals surface area contributed by atoms with Crippen LogP contribution in [0, 0.1) is 18.6 Å². The number of aromatic nitrogens is 4. The number of halogens is 2. The van der Waals surface area contributed by atoms with Crippen LogP contribution in [-0.4, -0.2) is 26.2 Å². The number of aryl methyl sites for hydroxylation is 1. The lowest BCUT2D eigenvalue weighted by Gasteiger charge is -2.05. The number of nitrogens with zero attached hydrogens (tertiary/aromatic N) is 4. The van der Waals surface area contributed by atoms with Gasteiger partial charge in [-0.15, -0.1) is 20.4 Å². The Labute approximate surface area is 165 Å². The average molecular weight is 388 g/mol. The molecule has 1 aromatic heterocycles. The molecule has 142 valence electrons. The number of ketones is 1. The topological polar surface area (TPSA) is 68.6 Å². The van der Waals surface area contributed by atoms with Crippen LogP contribution in [0.4, 0.5) is 8.78 Å². The van der Waals surface area contributed by atoms with Gasteiger partial charge in [0.05, 0.1) is 5.56 Å². The minimum Gasteiger partial charge on any atom is -0.289 e. The lowest BCUT2D eigenvalue weighted by molar-refractivity contribution is 0.103. The van der Waals surface area contributed by atoms with Gasteiger partial charge < -0.3 is 0 Å². The summed E-state index contributed by atoms with van der Waals surface area (Å²) in [5, 5.41) is 15.4. The van der Waals surface area contributed by atoms with Gasteiger partial charge in [-0.05, 0) is 19.1 Å². The summed E-state index contributed by atoms with van der Waals surface area (Å²) in [6.45, 7) is 1.96. The summed E-state index contributed by atoms with van der Waals surface area (Å²) in [6, 6.07) is 17.5. The van der Waals surface area contributed by atoms with Crippen molar-refractivity contribution in [1.82, 2.24) is 20.4 Å². The molecule has 1 heterocycles. The molecule has 0 spiro atoms. The van der Waals surface area contributed by atoms with Crippen molar-refractivity contribution >= 4 is 5.78 Å². The molecule has 7 heteroatoms. The predicted molar refractivity (Wildman–Crippen MR) is 103 cm³/mol. The molecule has 4 aromatic rings. The molecule has 0 N–H and O–H groups in total. The van der Waals surface area contributed by atoms with Gasteiger partial charge in [0.25, 0.3) is 0 Å². The molecule has 4 rings (SSSR count). The third-order valence-electron chi connectivity index (χ3n) is 4.38. The highest BCUT2D eigenvalue weighted by atomic mass is 19.1. The molecule has 0 atom stereocenters. The second-order valence-corrected chi connectivity index (χ2v) is 6.42. The molecule has 0 fully saturated rings. The highest BCUT2D eigenvalue weighted by Crippen LogP contribution is 2.22. The number of hydrogen-bond donors (Lipinski definition) is 0. The highest BCUT2D eigenvalue weighted by molar-refractivity contribution is 6.09. The van der Waals surface area contributed by atoms with Crippen molar-refractivity contribution < 1.29 is 13.6 Å². The summed E-state index contributed by atoms with van der Waals surface area (Å²) in [6.07, 6.45) is 0. The van der Waals surface area contributed by atoms with E-state index in [9.17, 15) is 13.6 Å². The van der Waals surface area contributed by atoms with Gasteiger partial charge in [0.15, 0.2) is 5.78 Å². The van der Waals surface area contributed by atoms with Crippen molar-refractivity contribution in [3.05, 3.63) is 95.1 Å². The van der Waals surface area contributed by atoms with Gasteiger partial charge in [-0.3, -0.25) is 4.79 Å². The molecule has 0 saturated heterocycles. The number of rotatable bonds is 4. The summed E-state index contributed by atoms with van der Waals surface area (Å²) >= 11 is 0. The molecule has 0 saturated carbocycles. The van der Waals surface area contributed by atoms with Crippen LogP contribution in [0.3, 0.4) is 0 Å². The zero-order chi connectivity index (χ0) is 20.4. The van der Waals surface area contributed by atoms with Gasteiger partial charge in [-0.1, -0.05) is 60.2 Å². The molecule has 0 amide bonds. The molecule has 5 nitrogen and oxygen atoms in total. The third kappa shape index (κ3) is 3.75. The average Bonchev–Trinajstić information content (AvgIpc) is 2.74. The molecule has 0 unspecified atom stereocenters. The molecular weight excluding hydrogens is 374 g/mol. The lowest BCUT2D eigenvalue weighted by atomic mass is 10.0. The van der Waals surface area contributed by atoms with E-state index < -0.39 is 11.6 Å². The Morgan fingerprint density at radius 1 is 0.690 bits per heavy atom. The van der Waals surface area contributed by atoms with Crippen LogP contribution in [0.15, 0.2) is 66.7 Å². The maximum Gasteiger partial charge on any atom is 0.209 e. The van der Waals surface area contributed by atoms with Crippen LogP contribution in [-0.2, 0) is 0 Å². The van der Waals surface area contributed by atoms with E-state index in [1.165, 1.54) is 6.07 Å². The molecule has 0 radical (unpaired) electrons. The van der Waals surface area contributed by atoms with Crippen LogP contribution >= 0.6 is 0 Å². The number of benzene rings is 3. The Morgan fingerprint density at radius 2 is 1.17 bits per heavy atom. The van der Waals surface area contributed by atoms with E-state index in [2.05, 4.69) is 20.4 Å². The van der Waals surface area contributed by atoms with Gasteiger partial charge in [0, 0.05) is 16.7 Å². The van der Waals surface area contributed by atoms with Gasteiger partial charge in [0.1, 0.15) is 11.6 Å². The van der Waals surface area contributed by atoms with E-state index in [-0.39, 0.29) is 23.0 Å². The first-order chi connectivity index (χ1) is 14.0. The Morgan fingerprint density at radius 3 is 1.72 bits per heavy atom. The van der Waals surface area contributed by atoms with Crippen LogP contribution in [0.25, 0.3) is 22.8 Å². The summed E-state index contributed by atoms with van der Waals surface area (Å²) in [7, 11) is 0. The van der Waals surface area contributed by atoms with Crippen LogP contribution in [0.5, 0.6) is 0 Å². The van der Waals surface area contributed by atoms with E-state index in [0.717, 1.165) is 17.7 Å². The van der Waals surface area contributed by atoms with Crippen molar-refractivity contribution in [3.63, 3.8) is 0 Å². The Balaban J connectivity index is 1.58. The Kier molecular flexibility index (Phi) is 4.87. The summed E-state index contributed by atoms with van der Waals surface area (Å²) in [5.41, 5.74) is 2.39. The number of carbonyl (C=O) groups is 1. The van der Waals surface area contributed by atoms with Crippen LogP contribution in [0.1, 0.15) is 21.5 Å². The van der Waals surface area contributed by atoms with E-state index in [1.54, 1.807) is 36.4 Å². The zero-order valence-electron chi connectivity index (χ0n) is 15.3. The van der Waals surface area contributed by atoms with Crippen molar-refractivity contribution in [3.8, 4) is 22.8 Å². The molecule has 0 aliphatic carbocycles. The van der Waals surface area contributed by atoms with Gasteiger partial charge in [-0.25, -0.2) is 8.78 Å². The summed E-state index contributed by atoms with van der Waals surface area (Å²) < 4.78 is 27.7. The van der Waals surface area contributed by atoms with E-state index in [1.807, 2.05) is 19.1 Å². The maximum absolute atomic E-state index is 13.8. The molecule has 0 bridgehead atoms. The lowest BCUT2D eigenvalue weighted by Crippen LogP contribution is -2.03. The van der Waals surface area contributed by atoms with Gasteiger partial charge in [-0.2, -0.15) is 0 Å². The summed E-state index contributed by atoms with van der Waals surface area (Å²) in [5.74, 6) is -1.74. The first-order valence-corrected chi connectivity index (χ1v) is 8.76. The fourth-order valence-corrected chi connectivity index (χ4v) is 2.80. The first-order valence-electron chi connectivity index (χ1n) is 8.76. The second-order valence-electron chi connectivity index (χ2n) is 6.42. The highest BCUT2D eigenvalue weighted by Gasteiger charge is 2.16. The van der Waals surface area contributed by atoms with Crippen LogP contribution in [0.2, 0.25) is 0 Å². The smallest absolute Gasteiger partial charge is 0.209 e. The molecule has 29 heavy (non-hydrogen) atoms. The number of hydrogen-bond acceptors (Lipinski definition) is 5. The van der Waals surface area contributed by atoms with E-state index in [0.29, 0.717) is 16.7 Å². The zero-order valence-corrected chi connectivity index (χ0v) is 15.3. The monoisotopic (exact) mass is 388 g/mol. The van der Waals surface area contributed by atoms with Crippen molar-refractivity contribution in [1.29, 1.82) is 0 Å². The largest absolute Gasteiger partial charge is 0.289 e. The quantitative estimate of drug-likeness (QED) is 0.484.